The van der Waals surface area contributed by atoms with Gasteiger partial charge in [-0.2, -0.15) is 4.98 Å². The number of benzene rings is 2. The number of hydrogen-bond donors (Lipinski definition) is 3. The zero-order chi connectivity index (χ0) is 27.4. The van der Waals surface area contributed by atoms with Crippen molar-refractivity contribution in [3.8, 4) is 11.5 Å². The molecule has 2 aliphatic rings. The topological polar surface area (TPSA) is 118 Å². The van der Waals surface area contributed by atoms with Crippen LogP contribution >= 0.6 is 11.6 Å². The van der Waals surface area contributed by atoms with Gasteiger partial charge in [0.2, 0.25) is 16.0 Å². The lowest BCUT2D eigenvalue weighted by atomic mass is 9.94. The van der Waals surface area contributed by atoms with Crippen molar-refractivity contribution in [3.05, 3.63) is 53.7 Å². The zero-order valence-electron chi connectivity index (χ0n) is 22.0. The molecule has 1 aliphatic carbocycles. The average Bonchev–Trinajstić information content (AvgIpc) is 3.30. The van der Waals surface area contributed by atoms with Crippen molar-refractivity contribution in [2.45, 2.75) is 49.6 Å². The van der Waals surface area contributed by atoms with Crippen molar-refractivity contribution >= 4 is 44.8 Å². The molecule has 2 heterocycles. The number of likely N-dealkylation sites (N-methyl/N-ethyl adjacent to an activating group) is 1. The Labute approximate surface area is 234 Å². The summed E-state index contributed by atoms with van der Waals surface area (Å²) in [6.45, 7) is 4.29. The van der Waals surface area contributed by atoms with Gasteiger partial charge in [-0.3, -0.25) is 0 Å². The van der Waals surface area contributed by atoms with Crippen molar-refractivity contribution < 1.29 is 17.9 Å². The number of halogens is 1. The summed E-state index contributed by atoms with van der Waals surface area (Å²) in [5.41, 5.74) is 1.03. The van der Waals surface area contributed by atoms with E-state index in [1.165, 1.54) is 6.20 Å². The van der Waals surface area contributed by atoms with E-state index in [4.69, 9.17) is 21.1 Å². The highest BCUT2D eigenvalue weighted by atomic mass is 35.5. The van der Waals surface area contributed by atoms with Gasteiger partial charge >= 0.3 is 0 Å². The van der Waals surface area contributed by atoms with Gasteiger partial charge in [0.1, 0.15) is 27.5 Å². The number of anilines is 4. The van der Waals surface area contributed by atoms with Gasteiger partial charge in [0.05, 0.1) is 24.2 Å². The third-order valence-electron chi connectivity index (χ3n) is 6.75. The van der Waals surface area contributed by atoms with Crippen LogP contribution in [0.3, 0.4) is 0 Å². The molecular formula is C27H33ClN6O4S. The van der Waals surface area contributed by atoms with E-state index >= 15 is 0 Å². The summed E-state index contributed by atoms with van der Waals surface area (Å²) < 4.78 is 40.8. The Balaban J connectivity index is 1.35. The molecule has 0 spiro atoms. The molecule has 1 unspecified atom stereocenters. The first-order chi connectivity index (χ1) is 18.8. The van der Waals surface area contributed by atoms with E-state index in [1.807, 2.05) is 25.1 Å². The highest BCUT2D eigenvalue weighted by Gasteiger charge is 2.27. The number of hydrogen-bond acceptors (Lipinski definition) is 9. The Bertz CT molecular complexity index is 1420. The monoisotopic (exact) mass is 572 g/mol. The van der Waals surface area contributed by atoms with Gasteiger partial charge in [0.25, 0.3) is 0 Å². The molecule has 3 aromatic rings. The number of nitrogens with one attached hydrogen (secondary N) is 3. The van der Waals surface area contributed by atoms with Crippen LogP contribution in [0.25, 0.3) is 0 Å². The minimum Gasteiger partial charge on any atom is -0.492 e. The maximum atomic E-state index is 13.0. The van der Waals surface area contributed by atoms with Crippen molar-refractivity contribution in [1.82, 2.24) is 19.6 Å². The molecule has 39 heavy (non-hydrogen) atoms. The molecule has 208 valence electrons. The average molecular weight is 573 g/mol. The molecule has 1 atom stereocenters. The lowest BCUT2D eigenvalue weighted by Gasteiger charge is -2.26. The number of nitrogens with zero attached hydrogens (tertiary/aromatic N) is 3. The molecule has 1 aromatic heterocycles. The van der Waals surface area contributed by atoms with E-state index in [0.717, 1.165) is 44.5 Å². The van der Waals surface area contributed by atoms with Gasteiger partial charge in [-0.1, -0.05) is 30.2 Å². The van der Waals surface area contributed by atoms with Gasteiger partial charge in [0, 0.05) is 25.2 Å². The third kappa shape index (κ3) is 6.73. The maximum absolute atomic E-state index is 13.0. The smallest absolute Gasteiger partial charge is 0.242 e. The first kappa shape index (κ1) is 27.4. The first-order valence-corrected chi connectivity index (χ1v) is 15.0. The summed E-state index contributed by atoms with van der Waals surface area (Å²) in [5.74, 6) is 1.87. The molecule has 0 bridgehead atoms. The minimum absolute atomic E-state index is 0.0303. The van der Waals surface area contributed by atoms with Crippen LogP contribution in [0.4, 0.5) is 23.1 Å². The molecule has 5 rings (SSSR count). The normalized spacial score (nSPS) is 18.0. The molecular weight excluding hydrogens is 540 g/mol. The van der Waals surface area contributed by atoms with Crippen LogP contribution in [0.5, 0.6) is 11.5 Å². The van der Waals surface area contributed by atoms with Gasteiger partial charge in [-0.15, -0.1) is 0 Å². The van der Waals surface area contributed by atoms with Crippen molar-refractivity contribution in [3.63, 3.8) is 0 Å². The zero-order valence-corrected chi connectivity index (χ0v) is 23.6. The second-order valence-corrected chi connectivity index (χ2v) is 11.9. The number of aromatic nitrogens is 2. The Hall–Kier alpha value is -3.12. The number of para-hydroxylation sites is 1. The minimum atomic E-state index is -3.72. The number of rotatable bonds is 11. The highest BCUT2D eigenvalue weighted by molar-refractivity contribution is 7.89. The number of likely N-dealkylation sites (tertiary alicyclic amines) is 1. The van der Waals surface area contributed by atoms with E-state index in [-0.39, 0.29) is 33.8 Å². The van der Waals surface area contributed by atoms with Gasteiger partial charge in [-0.25, -0.2) is 18.1 Å². The molecule has 1 aliphatic heterocycles. The summed E-state index contributed by atoms with van der Waals surface area (Å²) in [6, 6.07) is 12.2. The van der Waals surface area contributed by atoms with E-state index in [0.29, 0.717) is 23.7 Å². The summed E-state index contributed by atoms with van der Waals surface area (Å²) >= 11 is 6.40. The largest absolute Gasteiger partial charge is 0.492 e. The number of sulfonamides is 1. The number of ether oxygens (including phenoxy) is 2. The van der Waals surface area contributed by atoms with Crippen LogP contribution in [-0.2, 0) is 10.0 Å². The maximum Gasteiger partial charge on any atom is 0.242 e. The molecule has 2 aromatic carbocycles. The predicted octanol–water partition coefficient (Wildman–Crippen LogP) is 4.93. The molecule has 2 fully saturated rings. The van der Waals surface area contributed by atoms with E-state index in [2.05, 4.69) is 37.3 Å². The fourth-order valence-corrected chi connectivity index (χ4v) is 6.12. The van der Waals surface area contributed by atoms with Gasteiger partial charge in [0.15, 0.2) is 5.82 Å². The molecule has 1 saturated carbocycles. The van der Waals surface area contributed by atoms with Crippen molar-refractivity contribution in [2.24, 2.45) is 0 Å². The second-order valence-electron chi connectivity index (χ2n) is 9.77. The summed E-state index contributed by atoms with van der Waals surface area (Å²) in [5, 5.41) is 6.51. The van der Waals surface area contributed by atoms with Gasteiger partial charge < -0.3 is 25.0 Å². The van der Waals surface area contributed by atoms with E-state index < -0.39 is 10.0 Å². The summed E-state index contributed by atoms with van der Waals surface area (Å²) in [7, 11) is -1.63. The van der Waals surface area contributed by atoms with Crippen LogP contribution in [0, 0.1) is 0 Å². The van der Waals surface area contributed by atoms with E-state index in [9.17, 15) is 8.42 Å². The molecule has 12 heteroatoms. The van der Waals surface area contributed by atoms with Crippen molar-refractivity contribution in [2.75, 3.05) is 37.4 Å². The Morgan fingerprint density at radius 2 is 1.92 bits per heavy atom. The Morgan fingerprint density at radius 1 is 1.10 bits per heavy atom. The SMILES string of the molecule is CCOc1cc(OC2CCN(C)C2)ccc1Nc1ncc(Cl)c(Nc2ccccc2S(=O)(=O)NC2CCC2)n1. The Morgan fingerprint density at radius 3 is 2.64 bits per heavy atom. The summed E-state index contributed by atoms with van der Waals surface area (Å²) in [6.07, 6.45) is 5.30. The summed E-state index contributed by atoms with van der Waals surface area (Å²) in [4.78, 5) is 11.2. The second kappa shape index (κ2) is 12.0. The predicted molar refractivity (Wildman–Crippen MR) is 152 cm³/mol. The van der Waals surface area contributed by atoms with Gasteiger partial charge in [-0.05, 0) is 57.5 Å². The van der Waals surface area contributed by atoms with Crippen molar-refractivity contribution in [1.29, 1.82) is 0 Å². The lowest BCUT2D eigenvalue weighted by molar-refractivity contribution is 0.207. The van der Waals surface area contributed by atoms with Crippen LogP contribution in [0.15, 0.2) is 53.6 Å². The Kier molecular flexibility index (Phi) is 8.41. The quantitative estimate of drug-likeness (QED) is 0.294. The van der Waals surface area contributed by atoms with E-state index in [1.54, 1.807) is 24.3 Å². The van der Waals surface area contributed by atoms with Crippen LogP contribution in [0.2, 0.25) is 5.02 Å². The fourth-order valence-electron chi connectivity index (χ4n) is 4.51. The van der Waals surface area contributed by atoms with Crippen LogP contribution in [-0.4, -0.2) is 62.2 Å². The fraction of sp³-hybridized carbons (Fsp3) is 0.407. The molecule has 3 N–H and O–H groups in total. The molecule has 10 nitrogen and oxygen atoms in total. The van der Waals surface area contributed by atoms with Crippen LogP contribution in [0.1, 0.15) is 32.6 Å². The molecule has 0 amide bonds. The highest BCUT2D eigenvalue weighted by Crippen LogP contribution is 2.34. The lowest BCUT2D eigenvalue weighted by Crippen LogP contribution is -2.39. The van der Waals surface area contributed by atoms with Crippen LogP contribution < -0.4 is 24.8 Å². The first-order valence-electron chi connectivity index (χ1n) is 13.1. The molecule has 1 saturated heterocycles. The standard InChI is InChI=1S/C27H33ClN6O4S/c1-3-37-24-15-19(38-20-13-14-34(2)17-20)11-12-22(24)31-27-29-16-21(28)26(32-27)30-23-9-4-5-10-25(23)39(35,36)33-18-7-6-8-18/h4-5,9-12,15-16,18,20,33H,3,6-8,13-14,17H2,1-2H3,(H2,29,30,31,32). The molecule has 0 radical (unpaired) electrons. The third-order valence-corrected chi connectivity index (χ3v) is 8.61.